The summed E-state index contributed by atoms with van der Waals surface area (Å²) in [4.78, 5) is 4.07. The molecule has 1 aliphatic heterocycles. The summed E-state index contributed by atoms with van der Waals surface area (Å²) in [7, 11) is -2.27. The molecule has 2 aromatic carbocycles. The van der Waals surface area contributed by atoms with Gasteiger partial charge in [0, 0.05) is 13.6 Å². The summed E-state index contributed by atoms with van der Waals surface area (Å²) >= 11 is 6.26. The summed E-state index contributed by atoms with van der Waals surface area (Å²) in [6.07, 6.45) is 1.95. The smallest absolute Gasteiger partial charge is 0.264 e. The van der Waals surface area contributed by atoms with Crippen LogP contribution >= 0.6 is 11.6 Å². The molecule has 0 amide bonds. The molecule has 0 fully saturated rings. The van der Waals surface area contributed by atoms with Crippen LogP contribution in [0.2, 0.25) is 5.15 Å². The Kier molecular flexibility index (Phi) is 5.74. The number of rotatable bonds is 4. The molecule has 8 heteroatoms. The highest BCUT2D eigenvalue weighted by Gasteiger charge is 2.36. The molecule has 1 aromatic heterocycles. The monoisotopic (exact) mass is 431 g/mol. The number of fused-ring (bicyclic) bond motifs is 1. The van der Waals surface area contributed by atoms with Gasteiger partial charge in [0.05, 0.1) is 25.6 Å². The van der Waals surface area contributed by atoms with E-state index in [4.69, 9.17) is 16.3 Å². The van der Waals surface area contributed by atoms with E-state index in [0.717, 1.165) is 16.7 Å². The Hall–Kier alpha value is -2.19. The third kappa shape index (κ3) is 4.09. The van der Waals surface area contributed by atoms with Crippen molar-refractivity contribution >= 4 is 21.6 Å². The van der Waals surface area contributed by atoms with Gasteiger partial charge in [-0.2, -0.15) is 4.31 Å². The number of ether oxygens (including phenoxy) is 1. The zero-order chi connectivity index (χ0) is 20.4. The Balaban J connectivity index is 1.78. The molecule has 4 rings (SSSR count). The van der Waals surface area contributed by atoms with Crippen LogP contribution in [0.25, 0.3) is 0 Å². The van der Waals surface area contributed by atoms with Crippen LogP contribution in [0.3, 0.4) is 0 Å². The van der Waals surface area contributed by atoms with E-state index in [2.05, 4.69) is 4.98 Å². The number of hydrogen-bond acceptors (Lipinski definition) is 4. The van der Waals surface area contributed by atoms with Gasteiger partial charge in [-0.15, -0.1) is 0 Å². The van der Waals surface area contributed by atoms with Crippen LogP contribution < -0.4 is 0 Å². The molecule has 0 N–H and O–H groups in total. The van der Waals surface area contributed by atoms with Gasteiger partial charge < -0.3 is 9.30 Å². The van der Waals surface area contributed by atoms with Gasteiger partial charge in [-0.05, 0) is 23.1 Å². The van der Waals surface area contributed by atoms with Crippen LogP contribution in [0.4, 0.5) is 0 Å². The van der Waals surface area contributed by atoms with Crippen LogP contribution in [0.5, 0.6) is 0 Å². The highest BCUT2D eigenvalue weighted by molar-refractivity contribution is 7.89. The number of nitrogens with zero attached hydrogens (tertiary/aromatic N) is 3. The topological polar surface area (TPSA) is 64.4 Å². The maximum Gasteiger partial charge on any atom is 0.264 e. The largest absolute Gasteiger partial charge is 0.375 e. The molecule has 2 heterocycles. The van der Waals surface area contributed by atoms with Crippen molar-refractivity contribution in [2.75, 3.05) is 6.61 Å². The van der Waals surface area contributed by atoms with E-state index in [1.807, 2.05) is 54.6 Å². The van der Waals surface area contributed by atoms with Crippen molar-refractivity contribution in [1.29, 1.82) is 0 Å². The molecule has 152 valence electrons. The molecule has 0 spiro atoms. The molecule has 0 bridgehead atoms. The quantitative estimate of drug-likeness (QED) is 0.635. The lowest BCUT2D eigenvalue weighted by Gasteiger charge is -2.33. The Morgan fingerprint density at radius 2 is 1.79 bits per heavy atom. The van der Waals surface area contributed by atoms with E-state index >= 15 is 0 Å². The average molecular weight is 432 g/mol. The molecule has 1 unspecified atom stereocenters. The summed E-state index contributed by atoms with van der Waals surface area (Å²) in [5.74, 6) is 0. The number of aryl methyl sites for hydroxylation is 1. The van der Waals surface area contributed by atoms with E-state index < -0.39 is 10.0 Å². The Morgan fingerprint density at radius 1 is 1.10 bits per heavy atom. The highest BCUT2D eigenvalue weighted by atomic mass is 35.5. The van der Waals surface area contributed by atoms with Crippen molar-refractivity contribution in [3.8, 4) is 0 Å². The first-order valence-corrected chi connectivity index (χ1v) is 11.2. The number of aromatic nitrogens is 2. The molecule has 0 saturated carbocycles. The fraction of sp³-hybridized carbons (Fsp3) is 0.286. The van der Waals surface area contributed by atoms with E-state index in [1.165, 1.54) is 15.2 Å². The molecule has 1 atom stereocenters. The van der Waals surface area contributed by atoms with Crippen molar-refractivity contribution in [2.45, 2.75) is 30.6 Å². The van der Waals surface area contributed by atoms with Crippen molar-refractivity contribution in [3.63, 3.8) is 0 Å². The van der Waals surface area contributed by atoms with Gasteiger partial charge in [0.15, 0.2) is 0 Å². The number of sulfonamides is 1. The second-order valence-corrected chi connectivity index (χ2v) is 9.29. The molecule has 1 aliphatic rings. The zero-order valence-electron chi connectivity index (χ0n) is 16.0. The summed E-state index contributed by atoms with van der Waals surface area (Å²) in [5, 5.41) is -0.0301. The molecule has 29 heavy (non-hydrogen) atoms. The van der Waals surface area contributed by atoms with Crippen LogP contribution in [0.1, 0.15) is 16.7 Å². The summed E-state index contributed by atoms with van der Waals surface area (Å²) < 4.78 is 36.1. The first kappa shape index (κ1) is 20.1. The Bertz CT molecular complexity index is 1100. The van der Waals surface area contributed by atoms with E-state index in [9.17, 15) is 8.42 Å². The van der Waals surface area contributed by atoms with E-state index in [0.29, 0.717) is 13.0 Å². The number of benzene rings is 2. The van der Waals surface area contributed by atoms with Gasteiger partial charge >= 0.3 is 0 Å². The minimum Gasteiger partial charge on any atom is -0.375 e. The molecular formula is C21H22ClN3O3S. The van der Waals surface area contributed by atoms with Crippen LogP contribution in [0, 0.1) is 0 Å². The highest BCUT2D eigenvalue weighted by Crippen LogP contribution is 2.29. The Labute approximate surface area is 175 Å². The SMILES string of the molecule is Cn1cnc(S(=O)(=O)N2Cc3ccccc3COCC2Cc2ccccc2)c1Cl. The lowest BCUT2D eigenvalue weighted by atomic mass is 10.0. The third-order valence-electron chi connectivity index (χ3n) is 5.12. The Morgan fingerprint density at radius 3 is 2.48 bits per heavy atom. The zero-order valence-corrected chi connectivity index (χ0v) is 17.6. The van der Waals surface area contributed by atoms with Gasteiger partial charge in [-0.1, -0.05) is 66.2 Å². The molecular weight excluding hydrogens is 410 g/mol. The second-order valence-electron chi connectivity index (χ2n) is 7.13. The molecule has 0 radical (unpaired) electrons. The van der Waals surface area contributed by atoms with E-state index in [-0.39, 0.29) is 29.4 Å². The van der Waals surface area contributed by atoms with Crippen LogP contribution in [0.15, 0.2) is 66.0 Å². The van der Waals surface area contributed by atoms with Crippen molar-refractivity contribution < 1.29 is 13.2 Å². The normalized spacial score (nSPS) is 18.1. The summed E-state index contributed by atoms with van der Waals surface area (Å²) in [5.41, 5.74) is 2.95. The van der Waals surface area contributed by atoms with Gasteiger partial charge in [-0.3, -0.25) is 0 Å². The first-order valence-electron chi connectivity index (χ1n) is 9.34. The molecule has 0 aliphatic carbocycles. The molecule has 3 aromatic rings. The standard InChI is InChI=1S/C21H22ClN3O3S/c1-24-15-23-21(20(24)22)29(26,27)25-12-17-9-5-6-10-18(17)13-28-14-19(25)11-16-7-3-2-4-8-16/h2-10,15,19H,11-14H2,1H3. The van der Waals surface area contributed by atoms with Gasteiger partial charge in [0.1, 0.15) is 5.15 Å². The van der Waals surface area contributed by atoms with Crippen LogP contribution in [-0.4, -0.2) is 34.9 Å². The van der Waals surface area contributed by atoms with Crippen molar-refractivity contribution in [3.05, 3.63) is 82.8 Å². The lowest BCUT2D eigenvalue weighted by Crippen LogP contribution is -2.45. The van der Waals surface area contributed by atoms with Gasteiger partial charge in [0.2, 0.25) is 5.03 Å². The second kappa shape index (κ2) is 8.28. The number of imidazole rings is 1. The fourth-order valence-corrected chi connectivity index (χ4v) is 5.52. The predicted molar refractivity (Wildman–Crippen MR) is 111 cm³/mol. The minimum atomic E-state index is -3.93. The number of hydrogen-bond donors (Lipinski definition) is 0. The third-order valence-corrected chi connectivity index (χ3v) is 7.51. The predicted octanol–water partition coefficient (Wildman–Crippen LogP) is 3.41. The van der Waals surface area contributed by atoms with Crippen LogP contribution in [-0.2, 0) is 41.4 Å². The minimum absolute atomic E-state index is 0.0970. The van der Waals surface area contributed by atoms with Crippen molar-refractivity contribution in [2.24, 2.45) is 7.05 Å². The summed E-state index contributed by atoms with van der Waals surface area (Å²) in [6, 6.07) is 17.2. The fourth-order valence-electron chi connectivity index (χ4n) is 3.54. The number of halogens is 1. The summed E-state index contributed by atoms with van der Waals surface area (Å²) in [6.45, 7) is 0.985. The average Bonchev–Trinajstić information content (AvgIpc) is 3.04. The lowest BCUT2D eigenvalue weighted by molar-refractivity contribution is 0.0673. The van der Waals surface area contributed by atoms with Gasteiger partial charge in [-0.25, -0.2) is 13.4 Å². The van der Waals surface area contributed by atoms with E-state index in [1.54, 1.807) is 7.05 Å². The maximum atomic E-state index is 13.6. The molecule has 6 nitrogen and oxygen atoms in total. The van der Waals surface area contributed by atoms with Gasteiger partial charge in [0.25, 0.3) is 10.0 Å². The molecule has 0 saturated heterocycles. The van der Waals surface area contributed by atoms with Crippen molar-refractivity contribution in [1.82, 2.24) is 13.9 Å². The first-order chi connectivity index (χ1) is 14.0. The maximum absolute atomic E-state index is 13.6.